The summed E-state index contributed by atoms with van der Waals surface area (Å²) in [7, 11) is 0. The van der Waals surface area contributed by atoms with Crippen molar-refractivity contribution in [2.45, 2.75) is 37.9 Å². The van der Waals surface area contributed by atoms with Gasteiger partial charge in [0.2, 0.25) is 11.7 Å². The number of hydrogen-bond donors (Lipinski definition) is 2. The van der Waals surface area contributed by atoms with Crippen LogP contribution >= 0.6 is 0 Å². The smallest absolute Gasteiger partial charge is 0.396 e. The fourth-order valence-corrected chi connectivity index (χ4v) is 4.33. The second-order valence-corrected chi connectivity index (χ2v) is 8.87. The Morgan fingerprint density at radius 3 is 2.37 bits per heavy atom. The normalized spacial score (nSPS) is 18.7. The van der Waals surface area contributed by atoms with Crippen LogP contribution in [0.5, 0.6) is 0 Å². The highest BCUT2D eigenvalue weighted by atomic mass is 19.4. The van der Waals surface area contributed by atoms with Gasteiger partial charge in [-0.1, -0.05) is 12.1 Å². The number of piperidine rings is 1. The number of carbonyl (C=O) groups excluding carboxylic acids is 1. The van der Waals surface area contributed by atoms with Gasteiger partial charge in [-0.05, 0) is 49.3 Å². The lowest BCUT2D eigenvalue weighted by atomic mass is 9.98. The number of nitrogens with one attached hydrogen (secondary N) is 1. The standard InChI is InChI=1S/C24H27F3N6O2/c25-24(26,27)23-30-20(32-10-6-18(15-34)7-11-32)13-21(31-23)33-12-8-19(33)22(35)29-9-5-16-1-3-17(14-28)4-2-16/h1-4,13,18-19,34H,5-12,15H2,(H,29,35)/t19-/m0/s1. The van der Waals surface area contributed by atoms with Gasteiger partial charge in [-0.2, -0.15) is 18.4 Å². The Labute approximate surface area is 201 Å². The molecule has 0 aliphatic carbocycles. The zero-order chi connectivity index (χ0) is 25.0. The number of carbonyl (C=O) groups is 1. The van der Waals surface area contributed by atoms with Gasteiger partial charge in [-0.15, -0.1) is 0 Å². The number of aromatic nitrogens is 2. The van der Waals surface area contributed by atoms with Crippen molar-refractivity contribution in [2.75, 3.05) is 42.6 Å². The van der Waals surface area contributed by atoms with Crippen LogP contribution in [0, 0.1) is 17.2 Å². The van der Waals surface area contributed by atoms with Crippen molar-refractivity contribution >= 4 is 17.5 Å². The van der Waals surface area contributed by atoms with Crippen molar-refractivity contribution in [1.29, 1.82) is 5.26 Å². The largest absolute Gasteiger partial charge is 0.451 e. The molecule has 0 spiro atoms. The predicted octanol–water partition coefficient (Wildman–Crippen LogP) is 2.51. The molecule has 8 nitrogen and oxygen atoms in total. The van der Waals surface area contributed by atoms with Gasteiger partial charge in [-0.25, -0.2) is 9.97 Å². The van der Waals surface area contributed by atoms with Gasteiger partial charge < -0.3 is 20.2 Å². The van der Waals surface area contributed by atoms with E-state index in [0.717, 1.165) is 5.56 Å². The first kappa shape index (κ1) is 24.7. The minimum atomic E-state index is -4.71. The van der Waals surface area contributed by atoms with Crippen molar-refractivity contribution in [3.63, 3.8) is 0 Å². The molecule has 35 heavy (non-hydrogen) atoms. The summed E-state index contributed by atoms with van der Waals surface area (Å²) >= 11 is 0. The summed E-state index contributed by atoms with van der Waals surface area (Å²) in [4.78, 5) is 23.6. The molecule has 4 rings (SSSR count). The van der Waals surface area contributed by atoms with Gasteiger partial charge in [0.25, 0.3) is 0 Å². The topological polar surface area (TPSA) is 105 Å². The van der Waals surface area contributed by atoms with Crippen molar-refractivity contribution in [3.8, 4) is 6.07 Å². The van der Waals surface area contributed by atoms with Crippen LogP contribution < -0.4 is 15.1 Å². The summed E-state index contributed by atoms with van der Waals surface area (Å²) in [6.07, 6.45) is -2.27. The molecule has 0 unspecified atom stereocenters. The van der Waals surface area contributed by atoms with Gasteiger partial charge in [0.15, 0.2) is 0 Å². The van der Waals surface area contributed by atoms with Crippen molar-refractivity contribution < 1.29 is 23.1 Å². The molecule has 1 aromatic heterocycles. The van der Waals surface area contributed by atoms with E-state index in [2.05, 4.69) is 21.4 Å². The summed E-state index contributed by atoms with van der Waals surface area (Å²) in [5.74, 6) is -1.07. The summed E-state index contributed by atoms with van der Waals surface area (Å²) in [5, 5.41) is 21.1. The van der Waals surface area contributed by atoms with E-state index in [1.54, 1.807) is 21.9 Å². The third-order valence-corrected chi connectivity index (χ3v) is 6.56. The quantitative estimate of drug-likeness (QED) is 0.617. The molecule has 1 aromatic carbocycles. The molecule has 2 aliphatic heterocycles. The lowest BCUT2D eigenvalue weighted by Gasteiger charge is -2.41. The SMILES string of the molecule is N#Cc1ccc(CCNC(=O)[C@@H]2CCN2c2cc(N3CCC(CO)CC3)nc(C(F)(F)F)n2)cc1. The molecular weight excluding hydrogens is 461 g/mol. The number of rotatable bonds is 7. The first-order chi connectivity index (χ1) is 16.8. The van der Waals surface area contributed by atoms with E-state index < -0.39 is 18.0 Å². The Bertz CT molecular complexity index is 1080. The number of nitrogens with zero attached hydrogens (tertiary/aromatic N) is 5. The highest BCUT2D eigenvalue weighted by Crippen LogP contribution is 2.34. The van der Waals surface area contributed by atoms with Crippen LogP contribution in [-0.4, -0.2) is 59.8 Å². The van der Waals surface area contributed by atoms with Crippen LogP contribution in [0.1, 0.15) is 36.2 Å². The molecule has 3 heterocycles. The zero-order valence-corrected chi connectivity index (χ0v) is 19.1. The summed E-state index contributed by atoms with van der Waals surface area (Å²) in [5.41, 5.74) is 1.53. The number of aliphatic hydroxyl groups is 1. The zero-order valence-electron chi connectivity index (χ0n) is 19.1. The highest BCUT2D eigenvalue weighted by molar-refractivity contribution is 5.86. The highest BCUT2D eigenvalue weighted by Gasteiger charge is 2.40. The number of amides is 1. The molecule has 2 aliphatic rings. The molecule has 186 valence electrons. The number of benzene rings is 1. The van der Waals surface area contributed by atoms with Crippen molar-refractivity contribution in [3.05, 3.63) is 47.3 Å². The van der Waals surface area contributed by atoms with Gasteiger partial charge in [-0.3, -0.25) is 4.79 Å². The van der Waals surface area contributed by atoms with Crippen LogP contribution in [0.4, 0.5) is 24.8 Å². The molecule has 1 atom stereocenters. The van der Waals surface area contributed by atoms with Crippen LogP contribution in [0.2, 0.25) is 0 Å². The van der Waals surface area contributed by atoms with E-state index >= 15 is 0 Å². The second-order valence-electron chi connectivity index (χ2n) is 8.87. The average molecular weight is 489 g/mol. The third kappa shape index (κ3) is 5.82. The van der Waals surface area contributed by atoms with E-state index in [9.17, 15) is 23.1 Å². The number of aliphatic hydroxyl groups excluding tert-OH is 1. The number of anilines is 2. The first-order valence-corrected chi connectivity index (χ1v) is 11.6. The van der Waals surface area contributed by atoms with E-state index in [-0.39, 0.29) is 30.1 Å². The maximum absolute atomic E-state index is 13.6. The second kappa shape index (κ2) is 10.5. The van der Waals surface area contributed by atoms with E-state index in [4.69, 9.17) is 5.26 Å². The number of halogens is 3. The maximum atomic E-state index is 13.6. The van der Waals surface area contributed by atoms with Crippen molar-refractivity contribution in [2.24, 2.45) is 5.92 Å². The molecule has 2 fully saturated rings. The van der Waals surface area contributed by atoms with Crippen LogP contribution in [0.15, 0.2) is 30.3 Å². The van der Waals surface area contributed by atoms with E-state index in [1.165, 1.54) is 6.07 Å². The van der Waals surface area contributed by atoms with E-state index in [1.807, 2.05) is 12.1 Å². The number of nitriles is 1. The monoisotopic (exact) mass is 488 g/mol. The molecule has 0 saturated carbocycles. The van der Waals surface area contributed by atoms with Crippen LogP contribution in [0.3, 0.4) is 0 Å². The minimum absolute atomic E-state index is 0.0619. The van der Waals surface area contributed by atoms with Gasteiger partial charge in [0, 0.05) is 38.9 Å². The summed E-state index contributed by atoms with van der Waals surface area (Å²) < 4.78 is 40.7. The number of hydrogen-bond acceptors (Lipinski definition) is 7. The van der Waals surface area contributed by atoms with Crippen LogP contribution in [-0.2, 0) is 17.4 Å². The summed E-state index contributed by atoms with van der Waals surface area (Å²) in [6.45, 7) is 1.86. The molecule has 2 saturated heterocycles. The predicted molar refractivity (Wildman–Crippen MR) is 123 cm³/mol. The Hall–Kier alpha value is -3.39. The lowest BCUT2D eigenvalue weighted by molar-refractivity contribution is -0.144. The Balaban J connectivity index is 1.43. The molecule has 11 heteroatoms. The Morgan fingerprint density at radius 1 is 1.11 bits per heavy atom. The maximum Gasteiger partial charge on any atom is 0.451 e. The molecular formula is C24H27F3N6O2. The lowest BCUT2D eigenvalue weighted by Crippen LogP contribution is -2.57. The van der Waals surface area contributed by atoms with Gasteiger partial charge in [0.05, 0.1) is 11.6 Å². The average Bonchev–Trinajstić information content (AvgIpc) is 2.83. The summed E-state index contributed by atoms with van der Waals surface area (Å²) in [6, 6.07) is 10.0. The minimum Gasteiger partial charge on any atom is -0.396 e. The Morgan fingerprint density at radius 2 is 1.80 bits per heavy atom. The van der Waals surface area contributed by atoms with E-state index in [0.29, 0.717) is 57.4 Å². The molecule has 2 N–H and O–H groups in total. The Kier molecular flexibility index (Phi) is 7.40. The molecule has 1 amide bonds. The fraction of sp³-hybridized carbons (Fsp3) is 0.500. The van der Waals surface area contributed by atoms with Gasteiger partial charge >= 0.3 is 6.18 Å². The molecule has 0 bridgehead atoms. The number of alkyl halides is 3. The molecule has 0 radical (unpaired) electrons. The van der Waals surface area contributed by atoms with Crippen molar-refractivity contribution in [1.82, 2.24) is 15.3 Å². The molecule has 2 aromatic rings. The van der Waals surface area contributed by atoms with Gasteiger partial charge in [0.1, 0.15) is 17.7 Å². The van der Waals surface area contributed by atoms with Crippen LogP contribution in [0.25, 0.3) is 0 Å². The fourth-order valence-electron chi connectivity index (χ4n) is 4.33. The first-order valence-electron chi connectivity index (χ1n) is 11.6. The third-order valence-electron chi connectivity index (χ3n) is 6.56.